The van der Waals surface area contributed by atoms with Crippen molar-refractivity contribution in [2.24, 2.45) is 0 Å². The molecule has 0 N–H and O–H groups in total. The van der Waals surface area contributed by atoms with E-state index in [2.05, 4.69) is 62.2 Å². The Kier molecular flexibility index (Phi) is 1.58. The summed E-state index contributed by atoms with van der Waals surface area (Å²) >= 11 is 7.47. The first-order valence-corrected chi connectivity index (χ1v) is 5.96. The molecule has 2 aliphatic carbocycles. The van der Waals surface area contributed by atoms with Crippen LogP contribution in [0.4, 0.5) is 0 Å². The van der Waals surface area contributed by atoms with Crippen LogP contribution in [0.2, 0.25) is 0 Å². The van der Waals surface area contributed by atoms with Crippen molar-refractivity contribution in [3.63, 3.8) is 0 Å². The molecule has 0 amide bonds. The summed E-state index contributed by atoms with van der Waals surface area (Å²) in [5, 5.41) is 0. The molecule has 0 spiro atoms. The number of alkyl halides is 1. The van der Waals surface area contributed by atoms with Crippen LogP contribution in [0.15, 0.2) is 34.8 Å². The molecule has 2 unspecified atom stereocenters. The van der Waals surface area contributed by atoms with Gasteiger partial charge in [-0.15, -0.1) is 0 Å². The highest BCUT2D eigenvalue weighted by molar-refractivity contribution is 9.14. The number of fused-ring (bicyclic) bond motifs is 5. The summed E-state index contributed by atoms with van der Waals surface area (Å²) in [5.41, 5.74) is 2.93. The minimum Gasteiger partial charge on any atom is -0.0743 e. The fourth-order valence-electron chi connectivity index (χ4n) is 2.39. The maximum atomic E-state index is 3.84. The molecular formula is C11H8Br2. The normalized spacial score (nSPS) is 34.6. The van der Waals surface area contributed by atoms with Gasteiger partial charge in [0, 0.05) is 10.4 Å². The smallest absolute Gasteiger partial charge is 0.0743 e. The molecule has 0 aliphatic heterocycles. The van der Waals surface area contributed by atoms with Gasteiger partial charge < -0.3 is 0 Å². The standard InChI is InChI=1S/C11H8Br2/c12-10-5-7-6-11(10,13)9-4-2-1-3-8(7)9/h1-5,7H,6H2. The first-order valence-electron chi connectivity index (χ1n) is 4.38. The molecule has 0 aromatic heterocycles. The monoisotopic (exact) mass is 298 g/mol. The van der Waals surface area contributed by atoms with E-state index in [0.29, 0.717) is 5.92 Å². The van der Waals surface area contributed by atoms with Crippen LogP contribution in [0.1, 0.15) is 23.5 Å². The molecule has 13 heavy (non-hydrogen) atoms. The molecule has 0 nitrogen and oxygen atoms in total. The average Bonchev–Trinajstić information content (AvgIpc) is 2.57. The molecule has 2 bridgehead atoms. The second-order valence-corrected chi connectivity index (χ2v) is 5.92. The minimum atomic E-state index is 0.0915. The number of hydrogen-bond donors (Lipinski definition) is 0. The topological polar surface area (TPSA) is 0 Å². The van der Waals surface area contributed by atoms with Gasteiger partial charge in [0.25, 0.3) is 0 Å². The Bertz CT molecular complexity index is 408. The van der Waals surface area contributed by atoms with Gasteiger partial charge in [-0.3, -0.25) is 0 Å². The van der Waals surface area contributed by atoms with Crippen LogP contribution >= 0.6 is 31.9 Å². The molecule has 0 saturated heterocycles. The van der Waals surface area contributed by atoms with E-state index in [4.69, 9.17) is 0 Å². The molecule has 0 saturated carbocycles. The molecular weight excluding hydrogens is 292 g/mol. The fraction of sp³-hybridized carbons (Fsp3) is 0.273. The predicted octanol–water partition coefficient (Wildman–Crippen LogP) is 4.06. The summed E-state index contributed by atoms with van der Waals surface area (Å²) in [6, 6.07) is 8.69. The first kappa shape index (κ1) is 8.25. The Morgan fingerprint density at radius 1 is 1.31 bits per heavy atom. The molecule has 0 fully saturated rings. The van der Waals surface area contributed by atoms with E-state index < -0.39 is 0 Å². The highest BCUT2D eigenvalue weighted by Gasteiger charge is 2.47. The fourth-order valence-corrected chi connectivity index (χ4v) is 3.92. The summed E-state index contributed by atoms with van der Waals surface area (Å²) in [5.74, 6) is 0.616. The van der Waals surface area contributed by atoms with Crippen LogP contribution in [0.25, 0.3) is 0 Å². The number of halogens is 2. The molecule has 2 aliphatic rings. The Hall–Kier alpha value is -0.0800. The van der Waals surface area contributed by atoms with Gasteiger partial charge in [-0.05, 0) is 17.5 Å². The number of allylic oxidation sites excluding steroid dienone is 2. The highest BCUT2D eigenvalue weighted by atomic mass is 79.9. The average molecular weight is 300 g/mol. The van der Waals surface area contributed by atoms with Gasteiger partial charge in [-0.25, -0.2) is 0 Å². The molecule has 3 rings (SSSR count). The van der Waals surface area contributed by atoms with E-state index in [1.54, 1.807) is 0 Å². The van der Waals surface area contributed by atoms with Crippen molar-refractivity contribution in [2.75, 3.05) is 0 Å². The maximum absolute atomic E-state index is 3.84. The van der Waals surface area contributed by atoms with Crippen molar-refractivity contribution in [2.45, 2.75) is 16.7 Å². The van der Waals surface area contributed by atoms with E-state index in [1.807, 2.05) is 0 Å². The van der Waals surface area contributed by atoms with Crippen LogP contribution in [0, 0.1) is 0 Å². The van der Waals surface area contributed by atoms with E-state index in [1.165, 1.54) is 22.0 Å². The van der Waals surface area contributed by atoms with Crippen LogP contribution < -0.4 is 0 Å². The summed E-state index contributed by atoms with van der Waals surface area (Å²) < 4.78 is 1.39. The molecule has 66 valence electrons. The molecule has 1 aromatic carbocycles. The van der Waals surface area contributed by atoms with Gasteiger partial charge in [-0.2, -0.15) is 0 Å². The quantitative estimate of drug-likeness (QED) is 0.634. The molecule has 2 atom stereocenters. The van der Waals surface area contributed by atoms with Crippen molar-refractivity contribution in [1.82, 2.24) is 0 Å². The lowest BCUT2D eigenvalue weighted by Gasteiger charge is -2.21. The third kappa shape index (κ3) is 0.909. The van der Waals surface area contributed by atoms with Crippen LogP contribution in [-0.2, 0) is 4.32 Å². The second kappa shape index (κ2) is 2.48. The van der Waals surface area contributed by atoms with Gasteiger partial charge >= 0.3 is 0 Å². The van der Waals surface area contributed by atoms with Crippen molar-refractivity contribution < 1.29 is 0 Å². The molecule has 0 heterocycles. The van der Waals surface area contributed by atoms with Gasteiger partial charge in [0.2, 0.25) is 0 Å². The van der Waals surface area contributed by atoms with Crippen molar-refractivity contribution >= 4 is 31.9 Å². The summed E-state index contributed by atoms with van der Waals surface area (Å²) in [7, 11) is 0. The van der Waals surface area contributed by atoms with Crippen LogP contribution in [0.3, 0.4) is 0 Å². The highest BCUT2D eigenvalue weighted by Crippen LogP contribution is 2.61. The number of hydrogen-bond acceptors (Lipinski definition) is 0. The van der Waals surface area contributed by atoms with Gasteiger partial charge in [-0.1, -0.05) is 62.2 Å². The number of rotatable bonds is 0. The SMILES string of the molecule is BrC1=CC2CC1(Br)c1ccccc12. The van der Waals surface area contributed by atoms with Crippen molar-refractivity contribution in [3.05, 3.63) is 46.0 Å². The van der Waals surface area contributed by atoms with Gasteiger partial charge in [0.15, 0.2) is 0 Å². The summed E-state index contributed by atoms with van der Waals surface area (Å²) in [6.07, 6.45) is 3.49. The Morgan fingerprint density at radius 3 is 2.92 bits per heavy atom. The summed E-state index contributed by atoms with van der Waals surface area (Å²) in [4.78, 5) is 0. The van der Waals surface area contributed by atoms with Gasteiger partial charge in [0.05, 0.1) is 4.32 Å². The van der Waals surface area contributed by atoms with Crippen LogP contribution in [-0.4, -0.2) is 0 Å². The lowest BCUT2D eigenvalue weighted by Crippen LogP contribution is -2.11. The lowest BCUT2D eigenvalue weighted by atomic mass is 9.97. The third-order valence-electron chi connectivity index (χ3n) is 3.01. The van der Waals surface area contributed by atoms with Gasteiger partial charge in [0.1, 0.15) is 0 Å². The predicted molar refractivity (Wildman–Crippen MR) is 61.4 cm³/mol. The molecule has 1 aromatic rings. The van der Waals surface area contributed by atoms with E-state index in [0.717, 1.165) is 0 Å². The molecule has 0 radical (unpaired) electrons. The first-order chi connectivity index (χ1) is 6.22. The maximum Gasteiger partial charge on any atom is 0.0827 e. The van der Waals surface area contributed by atoms with Crippen molar-refractivity contribution in [3.8, 4) is 0 Å². The van der Waals surface area contributed by atoms with E-state index in [-0.39, 0.29) is 4.32 Å². The van der Waals surface area contributed by atoms with Crippen molar-refractivity contribution in [1.29, 1.82) is 0 Å². The third-order valence-corrected chi connectivity index (χ3v) is 5.67. The zero-order valence-corrected chi connectivity index (χ0v) is 10.1. The Morgan fingerprint density at radius 2 is 2.08 bits per heavy atom. The van der Waals surface area contributed by atoms with E-state index in [9.17, 15) is 0 Å². The Labute approximate surface area is 94.3 Å². The second-order valence-electron chi connectivity index (χ2n) is 3.71. The number of benzene rings is 1. The lowest BCUT2D eigenvalue weighted by molar-refractivity contribution is 0.763. The zero-order valence-electron chi connectivity index (χ0n) is 6.93. The molecule has 2 heteroatoms. The summed E-state index contributed by atoms with van der Waals surface area (Å²) in [6.45, 7) is 0. The van der Waals surface area contributed by atoms with E-state index >= 15 is 0 Å². The zero-order chi connectivity index (χ0) is 9.05. The Balaban J connectivity index is 2.30. The largest absolute Gasteiger partial charge is 0.0827 e. The van der Waals surface area contributed by atoms with Crippen LogP contribution in [0.5, 0.6) is 0 Å². The minimum absolute atomic E-state index is 0.0915.